The molecule has 124 valence electrons. The van der Waals surface area contributed by atoms with Gasteiger partial charge in [-0.25, -0.2) is 8.42 Å². The number of nitrogens with zero attached hydrogens (tertiary/aromatic N) is 1. The lowest BCUT2D eigenvalue weighted by Crippen LogP contribution is -2.43. The average molecular weight is 348 g/mol. The van der Waals surface area contributed by atoms with Gasteiger partial charge in [0.1, 0.15) is 0 Å². The zero-order valence-electron chi connectivity index (χ0n) is 12.7. The first-order valence-corrected chi connectivity index (χ1v) is 8.42. The maximum Gasteiger partial charge on any atom is 0.243 e. The Morgan fingerprint density at radius 2 is 1.73 bits per heavy atom. The van der Waals surface area contributed by atoms with E-state index in [9.17, 15) is 13.2 Å². The van der Waals surface area contributed by atoms with Crippen molar-refractivity contribution >= 4 is 34.0 Å². The summed E-state index contributed by atoms with van der Waals surface area (Å²) in [5, 5.41) is 5.80. The number of piperidine rings is 1. The molecule has 1 amide bonds. The van der Waals surface area contributed by atoms with Crippen LogP contribution in [0.5, 0.6) is 0 Å². The van der Waals surface area contributed by atoms with Gasteiger partial charge >= 0.3 is 0 Å². The highest BCUT2D eigenvalue weighted by Crippen LogP contribution is 2.22. The minimum atomic E-state index is -3.45. The van der Waals surface area contributed by atoms with Crippen LogP contribution in [0, 0.1) is 0 Å². The molecule has 1 heterocycles. The van der Waals surface area contributed by atoms with Crippen LogP contribution in [0.1, 0.15) is 19.8 Å². The van der Waals surface area contributed by atoms with Crippen LogP contribution in [0.3, 0.4) is 0 Å². The van der Waals surface area contributed by atoms with E-state index < -0.39 is 10.0 Å². The Hall–Kier alpha value is -1.15. The Morgan fingerprint density at radius 1 is 1.18 bits per heavy atom. The van der Waals surface area contributed by atoms with Crippen LogP contribution in [-0.4, -0.2) is 44.8 Å². The van der Waals surface area contributed by atoms with Gasteiger partial charge in [0.15, 0.2) is 0 Å². The van der Waals surface area contributed by atoms with Crippen molar-refractivity contribution in [2.75, 3.05) is 25.5 Å². The molecular formula is C14H22ClN3O3S. The summed E-state index contributed by atoms with van der Waals surface area (Å²) in [7, 11) is -1.55. The topological polar surface area (TPSA) is 78.5 Å². The van der Waals surface area contributed by atoms with Crippen LogP contribution in [0.2, 0.25) is 0 Å². The normalized spacial score (nSPS) is 16.8. The standard InChI is InChI=1S/C14H21N3O3S.ClH/c1-11(18)16-13-3-5-14(6-4-13)21(19,20)17-9-7-12(15-2)8-10-17;/h3-6,12,15H,7-10H2,1-2H3,(H,16,18);1H. The van der Waals surface area contributed by atoms with E-state index in [1.165, 1.54) is 23.4 Å². The van der Waals surface area contributed by atoms with E-state index in [2.05, 4.69) is 10.6 Å². The van der Waals surface area contributed by atoms with Gasteiger partial charge in [-0.15, -0.1) is 12.4 Å². The molecule has 1 aliphatic heterocycles. The number of halogens is 1. The lowest BCUT2D eigenvalue weighted by Gasteiger charge is -2.31. The van der Waals surface area contributed by atoms with Gasteiger partial charge in [-0.3, -0.25) is 4.79 Å². The Balaban J connectivity index is 0.00000242. The van der Waals surface area contributed by atoms with E-state index in [-0.39, 0.29) is 23.2 Å². The molecule has 1 fully saturated rings. The van der Waals surface area contributed by atoms with E-state index in [1.54, 1.807) is 12.1 Å². The SMILES string of the molecule is CNC1CCN(S(=O)(=O)c2ccc(NC(C)=O)cc2)CC1.Cl. The third kappa shape index (κ3) is 4.42. The van der Waals surface area contributed by atoms with Crippen molar-refractivity contribution < 1.29 is 13.2 Å². The van der Waals surface area contributed by atoms with Gasteiger partial charge in [-0.05, 0) is 44.2 Å². The highest BCUT2D eigenvalue weighted by atomic mass is 35.5. The number of carbonyl (C=O) groups is 1. The van der Waals surface area contributed by atoms with Gasteiger partial charge in [-0.1, -0.05) is 0 Å². The molecule has 22 heavy (non-hydrogen) atoms. The second kappa shape index (κ2) is 7.92. The van der Waals surface area contributed by atoms with Crippen molar-refractivity contribution in [3.8, 4) is 0 Å². The van der Waals surface area contributed by atoms with Crippen LogP contribution >= 0.6 is 12.4 Å². The fourth-order valence-electron chi connectivity index (χ4n) is 2.45. The zero-order valence-corrected chi connectivity index (χ0v) is 14.3. The molecule has 2 N–H and O–H groups in total. The quantitative estimate of drug-likeness (QED) is 0.863. The molecule has 6 nitrogen and oxygen atoms in total. The smallest absolute Gasteiger partial charge is 0.243 e. The van der Waals surface area contributed by atoms with E-state index >= 15 is 0 Å². The molecule has 0 aliphatic carbocycles. The minimum Gasteiger partial charge on any atom is -0.326 e. The van der Waals surface area contributed by atoms with Gasteiger partial charge in [-0.2, -0.15) is 4.31 Å². The summed E-state index contributed by atoms with van der Waals surface area (Å²) in [6.07, 6.45) is 1.64. The Kier molecular flexibility index (Phi) is 6.80. The third-order valence-corrected chi connectivity index (χ3v) is 5.59. The molecule has 1 aromatic carbocycles. The van der Waals surface area contributed by atoms with E-state index in [0.717, 1.165) is 12.8 Å². The van der Waals surface area contributed by atoms with Gasteiger partial charge in [0.05, 0.1) is 4.90 Å². The average Bonchev–Trinajstić information content (AvgIpc) is 2.47. The van der Waals surface area contributed by atoms with Crippen molar-refractivity contribution in [3.05, 3.63) is 24.3 Å². The maximum absolute atomic E-state index is 12.5. The molecule has 2 rings (SSSR count). The van der Waals surface area contributed by atoms with Crippen molar-refractivity contribution in [3.63, 3.8) is 0 Å². The van der Waals surface area contributed by atoms with Crippen LogP contribution in [-0.2, 0) is 14.8 Å². The molecule has 8 heteroatoms. The monoisotopic (exact) mass is 347 g/mol. The number of rotatable bonds is 4. The largest absolute Gasteiger partial charge is 0.326 e. The van der Waals surface area contributed by atoms with E-state index in [1.807, 2.05) is 7.05 Å². The van der Waals surface area contributed by atoms with E-state index in [4.69, 9.17) is 0 Å². The summed E-state index contributed by atoms with van der Waals surface area (Å²) in [6.45, 7) is 2.47. The fraction of sp³-hybridized carbons (Fsp3) is 0.500. The van der Waals surface area contributed by atoms with Crippen LogP contribution in [0.4, 0.5) is 5.69 Å². The molecule has 0 spiro atoms. The van der Waals surface area contributed by atoms with Crippen molar-refractivity contribution in [2.24, 2.45) is 0 Å². The third-order valence-electron chi connectivity index (χ3n) is 3.67. The van der Waals surface area contributed by atoms with Gasteiger partial charge in [0.2, 0.25) is 15.9 Å². The highest BCUT2D eigenvalue weighted by molar-refractivity contribution is 7.89. The number of carbonyl (C=O) groups excluding carboxylic acids is 1. The second-order valence-electron chi connectivity index (χ2n) is 5.17. The van der Waals surface area contributed by atoms with Crippen LogP contribution in [0.15, 0.2) is 29.2 Å². The number of sulfonamides is 1. The number of anilines is 1. The van der Waals surface area contributed by atoms with Crippen molar-refractivity contribution in [1.82, 2.24) is 9.62 Å². The van der Waals surface area contributed by atoms with Crippen molar-refractivity contribution in [2.45, 2.75) is 30.7 Å². The summed E-state index contributed by atoms with van der Waals surface area (Å²) in [4.78, 5) is 11.2. The van der Waals surface area contributed by atoms with Gasteiger partial charge in [0.25, 0.3) is 0 Å². The molecular weight excluding hydrogens is 326 g/mol. The van der Waals surface area contributed by atoms with Gasteiger partial charge < -0.3 is 10.6 Å². The van der Waals surface area contributed by atoms with E-state index in [0.29, 0.717) is 24.8 Å². The lowest BCUT2D eigenvalue weighted by molar-refractivity contribution is -0.114. The number of hydrogen-bond acceptors (Lipinski definition) is 4. The first-order valence-electron chi connectivity index (χ1n) is 6.98. The first-order chi connectivity index (χ1) is 9.93. The highest BCUT2D eigenvalue weighted by Gasteiger charge is 2.28. The summed E-state index contributed by atoms with van der Waals surface area (Å²) < 4.78 is 26.6. The summed E-state index contributed by atoms with van der Waals surface area (Å²) in [6, 6.07) is 6.66. The number of hydrogen-bond donors (Lipinski definition) is 2. The summed E-state index contributed by atoms with van der Waals surface area (Å²) >= 11 is 0. The predicted octanol–water partition coefficient (Wildman–Crippen LogP) is 1.44. The van der Waals surface area contributed by atoms with Gasteiger partial charge in [0, 0.05) is 31.7 Å². The van der Waals surface area contributed by atoms with Crippen molar-refractivity contribution in [1.29, 1.82) is 0 Å². The molecule has 0 saturated carbocycles. The molecule has 1 saturated heterocycles. The summed E-state index contributed by atoms with van der Waals surface area (Å²) in [5.41, 5.74) is 0.593. The molecule has 1 aromatic rings. The summed E-state index contributed by atoms with van der Waals surface area (Å²) in [5.74, 6) is -0.181. The zero-order chi connectivity index (χ0) is 15.5. The molecule has 0 aromatic heterocycles. The fourth-order valence-corrected chi connectivity index (χ4v) is 3.92. The first kappa shape index (κ1) is 18.9. The number of nitrogens with one attached hydrogen (secondary N) is 2. The number of benzene rings is 1. The Morgan fingerprint density at radius 3 is 2.18 bits per heavy atom. The minimum absolute atomic E-state index is 0. The van der Waals surface area contributed by atoms with Crippen LogP contribution in [0.25, 0.3) is 0 Å². The number of amides is 1. The molecule has 0 radical (unpaired) electrons. The second-order valence-corrected chi connectivity index (χ2v) is 7.11. The molecule has 0 bridgehead atoms. The van der Waals surface area contributed by atoms with Crippen LogP contribution < -0.4 is 10.6 Å². The maximum atomic E-state index is 12.5. The Bertz CT molecular complexity index is 596. The molecule has 0 unspecified atom stereocenters. The molecule has 0 atom stereocenters. The molecule has 1 aliphatic rings. The Labute approximate surface area is 137 Å². The lowest BCUT2D eigenvalue weighted by atomic mass is 10.1. The predicted molar refractivity (Wildman–Crippen MR) is 88.8 cm³/mol.